The van der Waals surface area contributed by atoms with E-state index in [0.29, 0.717) is 6.42 Å². The van der Waals surface area contributed by atoms with Crippen LogP contribution in [0.25, 0.3) is 10.8 Å². The van der Waals surface area contributed by atoms with Crippen molar-refractivity contribution < 1.29 is 13.2 Å². The molecule has 0 saturated heterocycles. The van der Waals surface area contributed by atoms with Gasteiger partial charge in [0.1, 0.15) is 0 Å². The van der Waals surface area contributed by atoms with Crippen molar-refractivity contribution in [2.75, 3.05) is 0 Å². The van der Waals surface area contributed by atoms with Crippen LogP contribution in [0.5, 0.6) is 0 Å². The minimum Gasteiger partial charge on any atom is -0.308 e. The molecule has 0 aliphatic heterocycles. The minimum absolute atomic E-state index is 0.160. The molecule has 0 unspecified atom stereocenters. The van der Waals surface area contributed by atoms with E-state index in [0.717, 1.165) is 18.1 Å². The van der Waals surface area contributed by atoms with E-state index >= 15 is 0 Å². The monoisotopic (exact) mass is 371 g/mol. The molecule has 0 aliphatic rings. The molecule has 0 bridgehead atoms. The largest absolute Gasteiger partial charge is 0.416 e. The van der Waals surface area contributed by atoms with Gasteiger partial charge in [-0.3, -0.25) is 0 Å². The Morgan fingerprint density at radius 2 is 1.59 bits per heavy atom. The van der Waals surface area contributed by atoms with Crippen LogP contribution in [0, 0.1) is 0 Å². The molecule has 27 heavy (non-hydrogen) atoms. The van der Waals surface area contributed by atoms with Crippen molar-refractivity contribution in [1.29, 1.82) is 0 Å². The molecule has 0 fully saturated rings. The van der Waals surface area contributed by atoms with Crippen molar-refractivity contribution in [3.05, 3.63) is 83.4 Å². The summed E-state index contributed by atoms with van der Waals surface area (Å²) < 4.78 is 38.5. The van der Waals surface area contributed by atoms with Crippen LogP contribution in [-0.2, 0) is 12.6 Å². The average molecular weight is 371 g/mol. The normalized spacial score (nSPS) is 14.3. The lowest BCUT2D eigenvalue weighted by molar-refractivity contribution is -0.137. The van der Waals surface area contributed by atoms with Gasteiger partial charge in [0.25, 0.3) is 0 Å². The highest BCUT2D eigenvalue weighted by molar-refractivity contribution is 5.86. The number of benzene rings is 3. The molecule has 0 aliphatic carbocycles. The number of alkyl halides is 3. The zero-order chi connectivity index (χ0) is 19.4. The van der Waals surface area contributed by atoms with Gasteiger partial charge in [-0.05, 0) is 54.7 Å². The number of aryl methyl sites for hydroxylation is 1. The van der Waals surface area contributed by atoms with Crippen LogP contribution in [-0.4, -0.2) is 6.04 Å². The molecule has 1 nitrogen and oxygen atoms in total. The molecule has 3 rings (SSSR count). The molecule has 0 amide bonds. The van der Waals surface area contributed by atoms with Gasteiger partial charge >= 0.3 is 6.18 Å². The highest BCUT2D eigenvalue weighted by Crippen LogP contribution is 2.30. The number of hydrogen-bond acceptors (Lipinski definition) is 1. The first-order chi connectivity index (χ1) is 12.8. The van der Waals surface area contributed by atoms with Crippen molar-refractivity contribution in [1.82, 2.24) is 5.32 Å². The standard InChI is InChI=1S/C23H24F3N/c1-16(13-14-18-7-5-10-20(15-18)23(24,25)26)27-17(2)21-12-6-9-19-8-3-4-11-22(19)21/h3-12,15-17,27H,13-14H2,1-2H3/t16-,17-/m1/s1. The van der Waals surface area contributed by atoms with E-state index in [1.165, 1.54) is 28.5 Å². The molecule has 4 heteroatoms. The molecule has 142 valence electrons. The SMILES string of the molecule is C[C@H](CCc1cccc(C(F)(F)F)c1)N[C@H](C)c1cccc2ccccc12. The van der Waals surface area contributed by atoms with Crippen LogP contribution in [0.15, 0.2) is 66.7 Å². The number of fused-ring (bicyclic) bond motifs is 1. The first-order valence-electron chi connectivity index (χ1n) is 9.24. The van der Waals surface area contributed by atoms with Crippen LogP contribution < -0.4 is 5.32 Å². The lowest BCUT2D eigenvalue weighted by Gasteiger charge is -2.22. The third-order valence-electron chi connectivity index (χ3n) is 4.94. The van der Waals surface area contributed by atoms with Crippen molar-refractivity contribution in [3.8, 4) is 0 Å². The second kappa shape index (κ2) is 8.13. The van der Waals surface area contributed by atoms with E-state index < -0.39 is 11.7 Å². The van der Waals surface area contributed by atoms with Crippen molar-refractivity contribution >= 4 is 10.8 Å². The van der Waals surface area contributed by atoms with Crippen molar-refractivity contribution in [2.45, 2.75) is 44.9 Å². The Morgan fingerprint density at radius 3 is 2.37 bits per heavy atom. The Labute approximate surface area is 158 Å². The highest BCUT2D eigenvalue weighted by Gasteiger charge is 2.30. The van der Waals surface area contributed by atoms with Gasteiger partial charge in [-0.15, -0.1) is 0 Å². The summed E-state index contributed by atoms with van der Waals surface area (Å²) in [6.07, 6.45) is -2.90. The number of nitrogens with one attached hydrogen (secondary N) is 1. The van der Waals surface area contributed by atoms with Gasteiger partial charge in [0.2, 0.25) is 0 Å². The molecule has 0 heterocycles. The fourth-order valence-corrected chi connectivity index (χ4v) is 3.51. The summed E-state index contributed by atoms with van der Waals surface area (Å²) in [5.74, 6) is 0. The van der Waals surface area contributed by atoms with Crippen molar-refractivity contribution in [2.24, 2.45) is 0 Å². The van der Waals surface area contributed by atoms with Gasteiger partial charge in [-0.1, -0.05) is 60.7 Å². The number of hydrogen-bond donors (Lipinski definition) is 1. The van der Waals surface area contributed by atoms with Crippen LogP contribution in [0.3, 0.4) is 0 Å². The predicted octanol–water partition coefficient (Wildman–Crippen LogP) is 6.53. The van der Waals surface area contributed by atoms with Gasteiger partial charge in [0, 0.05) is 12.1 Å². The van der Waals surface area contributed by atoms with E-state index in [1.807, 2.05) is 12.1 Å². The quantitative estimate of drug-likeness (QED) is 0.519. The molecule has 1 N–H and O–H groups in total. The van der Waals surface area contributed by atoms with Gasteiger partial charge in [-0.2, -0.15) is 13.2 Å². The fraction of sp³-hybridized carbons (Fsp3) is 0.304. The van der Waals surface area contributed by atoms with Gasteiger partial charge in [0.15, 0.2) is 0 Å². The Hall–Kier alpha value is -2.33. The summed E-state index contributed by atoms with van der Waals surface area (Å²) in [7, 11) is 0. The summed E-state index contributed by atoms with van der Waals surface area (Å²) in [5.41, 5.74) is 1.38. The third-order valence-corrected chi connectivity index (χ3v) is 4.94. The van der Waals surface area contributed by atoms with E-state index in [1.54, 1.807) is 6.07 Å². The average Bonchev–Trinajstić information content (AvgIpc) is 2.65. The molecule has 0 aromatic heterocycles. The summed E-state index contributed by atoms with van der Waals surface area (Å²) in [6, 6.07) is 20.5. The molecule has 0 saturated carbocycles. The summed E-state index contributed by atoms with van der Waals surface area (Å²) >= 11 is 0. The van der Waals surface area contributed by atoms with E-state index in [9.17, 15) is 13.2 Å². The summed E-state index contributed by atoms with van der Waals surface area (Å²) in [6.45, 7) is 4.21. The maximum absolute atomic E-state index is 12.8. The Bertz CT molecular complexity index is 896. The highest BCUT2D eigenvalue weighted by atomic mass is 19.4. The van der Waals surface area contributed by atoms with E-state index in [4.69, 9.17) is 0 Å². The summed E-state index contributed by atoms with van der Waals surface area (Å²) in [4.78, 5) is 0. The van der Waals surface area contributed by atoms with Gasteiger partial charge in [-0.25, -0.2) is 0 Å². The molecule has 0 spiro atoms. The number of halogens is 3. The maximum Gasteiger partial charge on any atom is 0.416 e. The molecule has 3 aromatic rings. The Balaban J connectivity index is 1.63. The number of rotatable bonds is 6. The molecule has 0 radical (unpaired) electrons. The van der Waals surface area contributed by atoms with E-state index in [2.05, 4.69) is 49.5 Å². The zero-order valence-electron chi connectivity index (χ0n) is 15.6. The smallest absolute Gasteiger partial charge is 0.308 e. The molecule has 3 aromatic carbocycles. The van der Waals surface area contributed by atoms with Crippen LogP contribution in [0.1, 0.15) is 43.0 Å². The predicted molar refractivity (Wildman–Crippen MR) is 105 cm³/mol. The van der Waals surface area contributed by atoms with Gasteiger partial charge in [0.05, 0.1) is 5.56 Å². The minimum atomic E-state index is -4.29. The molecule has 2 atom stereocenters. The van der Waals surface area contributed by atoms with E-state index in [-0.39, 0.29) is 12.1 Å². The topological polar surface area (TPSA) is 12.0 Å². The molecular weight excluding hydrogens is 347 g/mol. The lowest BCUT2D eigenvalue weighted by Crippen LogP contribution is -2.29. The first-order valence-corrected chi connectivity index (χ1v) is 9.24. The van der Waals surface area contributed by atoms with Crippen LogP contribution >= 0.6 is 0 Å². The van der Waals surface area contributed by atoms with Crippen molar-refractivity contribution in [3.63, 3.8) is 0 Å². The van der Waals surface area contributed by atoms with Crippen LogP contribution in [0.2, 0.25) is 0 Å². The second-order valence-corrected chi connectivity index (χ2v) is 7.09. The Kier molecular flexibility index (Phi) is 5.85. The Morgan fingerprint density at radius 1 is 0.889 bits per heavy atom. The van der Waals surface area contributed by atoms with Crippen LogP contribution in [0.4, 0.5) is 13.2 Å². The second-order valence-electron chi connectivity index (χ2n) is 7.09. The lowest BCUT2D eigenvalue weighted by atomic mass is 9.98. The first kappa shape index (κ1) is 19.4. The third kappa shape index (κ3) is 4.89. The summed E-state index contributed by atoms with van der Waals surface area (Å²) in [5, 5.41) is 6.02. The zero-order valence-corrected chi connectivity index (χ0v) is 15.6. The fourth-order valence-electron chi connectivity index (χ4n) is 3.51. The maximum atomic E-state index is 12.8. The van der Waals surface area contributed by atoms with Gasteiger partial charge < -0.3 is 5.32 Å². The molecular formula is C23H24F3N.